The van der Waals surface area contributed by atoms with Crippen molar-refractivity contribution in [2.75, 3.05) is 6.61 Å². The van der Waals surface area contributed by atoms with E-state index in [-0.39, 0.29) is 30.0 Å². The van der Waals surface area contributed by atoms with Crippen molar-refractivity contribution >= 4 is 5.91 Å². The van der Waals surface area contributed by atoms with Gasteiger partial charge in [-0.3, -0.25) is 4.79 Å². The fourth-order valence-electron chi connectivity index (χ4n) is 2.59. The van der Waals surface area contributed by atoms with Crippen LogP contribution in [0.1, 0.15) is 38.5 Å². The first-order chi connectivity index (χ1) is 7.17. The molecule has 0 spiro atoms. The third-order valence-corrected chi connectivity index (χ3v) is 3.91. The van der Waals surface area contributed by atoms with Gasteiger partial charge in [-0.15, -0.1) is 0 Å². The average molecular weight is 212 g/mol. The van der Waals surface area contributed by atoms with E-state index < -0.39 is 0 Å². The molecule has 4 nitrogen and oxygen atoms in total. The maximum Gasteiger partial charge on any atom is 0.225 e. The topological polar surface area (TPSA) is 75.4 Å². The first-order valence-corrected chi connectivity index (χ1v) is 5.85. The van der Waals surface area contributed by atoms with Crippen molar-refractivity contribution in [3.63, 3.8) is 0 Å². The van der Waals surface area contributed by atoms with Crippen molar-refractivity contribution in [2.45, 2.75) is 50.1 Å². The van der Waals surface area contributed by atoms with Crippen molar-refractivity contribution in [3.05, 3.63) is 0 Å². The zero-order valence-electron chi connectivity index (χ0n) is 9.04. The Morgan fingerprint density at radius 3 is 2.53 bits per heavy atom. The predicted octanol–water partition coefficient (Wildman–Crippen LogP) is 0.145. The Morgan fingerprint density at radius 2 is 2.13 bits per heavy atom. The maximum absolute atomic E-state index is 11.9. The molecule has 0 aromatic rings. The van der Waals surface area contributed by atoms with E-state index in [2.05, 4.69) is 5.32 Å². The molecule has 4 N–H and O–H groups in total. The average Bonchev–Trinajstić information content (AvgIpc) is 2.58. The Hall–Kier alpha value is -0.610. The second kappa shape index (κ2) is 4.10. The Labute approximate surface area is 90.2 Å². The molecule has 0 heterocycles. The minimum atomic E-state index is -0.320. The van der Waals surface area contributed by atoms with Crippen LogP contribution in [0, 0.1) is 5.92 Å². The van der Waals surface area contributed by atoms with Crippen LogP contribution in [0.2, 0.25) is 0 Å². The molecule has 1 amide bonds. The highest BCUT2D eigenvalue weighted by atomic mass is 16.3. The van der Waals surface area contributed by atoms with E-state index in [1.807, 2.05) is 0 Å². The third-order valence-electron chi connectivity index (χ3n) is 3.91. The summed E-state index contributed by atoms with van der Waals surface area (Å²) in [6.45, 7) is 0.0562. The lowest BCUT2D eigenvalue weighted by molar-refractivity contribution is -0.129. The molecule has 2 atom stereocenters. The number of hydrogen-bond donors (Lipinski definition) is 3. The van der Waals surface area contributed by atoms with Gasteiger partial charge in [-0.1, -0.05) is 6.42 Å². The molecule has 2 rings (SSSR count). The largest absolute Gasteiger partial charge is 0.394 e. The first kappa shape index (κ1) is 10.9. The highest BCUT2D eigenvalue weighted by molar-refractivity contribution is 5.80. The van der Waals surface area contributed by atoms with Crippen molar-refractivity contribution < 1.29 is 9.90 Å². The van der Waals surface area contributed by atoms with Gasteiger partial charge >= 0.3 is 0 Å². The first-order valence-electron chi connectivity index (χ1n) is 5.85. The molecule has 0 aliphatic heterocycles. The Kier molecular flexibility index (Phi) is 2.98. The van der Waals surface area contributed by atoms with Gasteiger partial charge in [0.05, 0.1) is 18.1 Å². The number of aliphatic hydroxyl groups excluding tert-OH is 1. The summed E-state index contributed by atoms with van der Waals surface area (Å²) < 4.78 is 0. The number of carbonyl (C=O) groups excluding carboxylic acids is 1. The maximum atomic E-state index is 11.9. The number of hydrogen-bond acceptors (Lipinski definition) is 3. The van der Waals surface area contributed by atoms with Crippen molar-refractivity contribution in [3.8, 4) is 0 Å². The van der Waals surface area contributed by atoms with Crippen LogP contribution in [0.25, 0.3) is 0 Å². The van der Waals surface area contributed by atoms with Gasteiger partial charge in [0, 0.05) is 6.04 Å². The number of nitrogens with one attached hydrogen (secondary N) is 1. The van der Waals surface area contributed by atoms with Crippen LogP contribution in [0.4, 0.5) is 0 Å². The highest BCUT2D eigenvalue weighted by Crippen LogP contribution is 2.33. The zero-order valence-corrected chi connectivity index (χ0v) is 9.04. The van der Waals surface area contributed by atoms with E-state index in [0.29, 0.717) is 0 Å². The number of aliphatic hydroxyl groups is 1. The van der Waals surface area contributed by atoms with Crippen molar-refractivity contribution in [1.29, 1.82) is 0 Å². The fourth-order valence-corrected chi connectivity index (χ4v) is 2.59. The van der Waals surface area contributed by atoms with Crippen molar-refractivity contribution in [2.24, 2.45) is 11.7 Å². The van der Waals surface area contributed by atoms with Crippen LogP contribution >= 0.6 is 0 Å². The summed E-state index contributed by atoms with van der Waals surface area (Å²) in [5, 5.41) is 12.2. The minimum Gasteiger partial charge on any atom is -0.394 e. The second-order valence-electron chi connectivity index (χ2n) is 4.98. The number of nitrogens with two attached hydrogens (primary N) is 1. The summed E-state index contributed by atoms with van der Waals surface area (Å²) in [5.41, 5.74) is 5.56. The van der Waals surface area contributed by atoms with Crippen LogP contribution in [-0.4, -0.2) is 29.2 Å². The monoisotopic (exact) mass is 212 g/mol. The van der Waals surface area contributed by atoms with Gasteiger partial charge < -0.3 is 16.2 Å². The molecule has 86 valence electrons. The number of rotatable bonds is 3. The lowest BCUT2D eigenvalue weighted by atomic mass is 9.77. The Balaban J connectivity index is 1.91. The molecule has 2 fully saturated rings. The molecule has 0 radical (unpaired) electrons. The van der Waals surface area contributed by atoms with Gasteiger partial charge in [0.25, 0.3) is 0 Å². The smallest absolute Gasteiger partial charge is 0.225 e. The second-order valence-corrected chi connectivity index (χ2v) is 4.98. The van der Waals surface area contributed by atoms with Gasteiger partial charge in [0.2, 0.25) is 5.91 Å². The number of amides is 1. The standard InChI is InChI=1S/C11H20N2O2/c12-9-4-1-3-8(9)10(15)13-11(7-14)5-2-6-11/h8-9,14H,1-7,12H2,(H,13,15). The van der Waals surface area contributed by atoms with Gasteiger partial charge in [-0.2, -0.15) is 0 Å². The summed E-state index contributed by atoms with van der Waals surface area (Å²) in [4.78, 5) is 11.9. The highest BCUT2D eigenvalue weighted by Gasteiger charge is 2.40. The molecular formula is C11H20N2O2. The van der Waals surface area contributed by atoms with E-state index >= 15 is 0 Å². The molecule has 0 saturated heterocycles. The molecule has 2 aliphatic carbocycles. The summed E-state index contributed by atoms with van der Waals surface area (Å²) in [5.74, 6) is 0.0165. The molecule has 4 heteroatoms. The lowest BCUT2D eigenvalue weighted by Crippen LogP contribution is -2.58. The molecule has 0 aromatic heterocycles. The fraction of sp³-hybridized carbons (Fsp3) is 0.909. The molecule has 15 heavy (non-hydrogen) atoms. The van der Waals surface area contributed by atoms with Crippen LogP contribution in [0.15, 0.2) is 0 Å². The Morgan fingerprint density at radius 1 is 1.40 bits per heavy atom. The lowest BCUT2D eigenvalue weighted by Gasteiger charge is -2.41. The quantitative estimate of drug-likeness (QED) is 0.623. The third kappa shape index (κ3) is 2.01. The molecule has 2 saturated carbocycles. The molecule has 0 aromatic carbocycles. The van der Waals surface area contributed by atoms with Crippen LogP contribution < -0.4 is 11.1 Å². The molecule has 2 aliphatic rings. The van der Waals surface area contributed by atoms with Crippen molar-refractivity contribution in [1.82, 2.24) is 5.32 Å². The van der Waals surface area contributed by atoms with Crippen LogP contribution in [0.3, 0.4) is 0 Å². The van der Waals surface area contributed by atoms with E-state index in [1.165, 1.54) is 0 Å². The molecule has 2 unspecified atom stereocenters. The van der Waals surface area contributed by atoms with E-state index in [1.54, 1.807) is 0 Å². The summed E-state index contributed by atoms with van der Waals surface area (Å²) in [6.07, 6.45) is 5.79. The SMILES string of the molecule is NC1CCCC1C(=O)NC1(CO)CCC1. The van der Waals surface area contributed by atoms with E-state index in [4.69, 9.17) is 5.73 Å². The van der Waals surface area contributed by atoms with E-state index in [0.717, 1.165) is 38.5 Å². The summed E-state index contributed by atoms with van der Waals surface area (Å²) in [6, 6.07) is 0.0146. The normalized spacial score (nSPS) is 33.5. The summed E-state index contributed by atoms with van der Waals surface area (Å²) in [7, 11) is 0. The number of carbonyl (C=O) groups is 1. The molecule has 0 bridgehead atoms. The van der Waals surface area contributed by atoms with Gasteiger partial charge in [-0.25, -0.2) is 0 Å². The summed E-state index contributed by atoms with van der Waals surface area (Å²) >= 11 is 0. The minimum absolute atomic E-state index is 0.0146. The Bertz CT molecular complexity index is 245. The van der Waals surface area contributed by atoms with Gasteiger partial charge in [0.1, 0.15) is 0 Å². The molecular weight excluding hydrogens is 192 g/mol. The van der Waals surface area contributed by atoms with Crippen LogP contribution in [0.5, 0.6) is 0 Å². The van der Waals surface area contributed by atoms with Gasteiger partial charge in [0.15, 0.2) is 0 Å². The zero-order chi connectivity index (χ0) is 10.9. The predicted molar refractivity (Wildman–Crippen MR) is 57.1 cm³/mol. The van der Waals surface area contributed by atoms with Gasteiger partial charge in [-0.05, 0) is 32.1 Å². The van der Waals surface area contributed by atoms with E-state index in [9.17, 15) is 9.90 Å². The van der Waals surface area contributed by atoms with Crippen LogP contribution in [-0.2, 0) is 4.79 Å².